The highest BCUT2D eigenvalue weighted by molar-refractivity contribution is 7.99. The zero-order valence-electron chi connectivity index (χ0n) is 18.3. The summed E-state index contributed by atoms with van der Waals surface area (Å²) in [4.78, 5) is 25.5. The van der Waals surface area contributed by atoms with Crippen LogP contribution in [0.1, 0.15) is 37.8 Å². The first-order valence-corrected chi connectivity index (χ1v) is 11.7. The quantitative estimate of drug-likeness (QED) is 0.416. The molecule has 0 fully saturated rings. The van der Waals surface area contributed by atoms with Gasteiger partial charge in [-0.1, -0.05) is 41.6 Å². The molecule has 10 heteroatoms. The number of rotatable bonds is 8. The van der Waals surface area contributed by atoms with Crippen molar-refractivity contribution in [1.82, 2.24) is 34.9 Å². The van der Waals surface area contributed by atoms with Gasteiger partial charge in [-0.05, 0) is 61.6 Å². The summed E-state index contributed by atoms with van der Waals surface area (Å²) in [7, 11) is 1.82. The van der Waals surface area contributed by atoms with Crippen LogP contribution in [0, 0.1) is 6.92 Å². The Bertz CT molecular complexity index is 1180. The monoisotopic (exact) mass is 453 g/mol. The molecule has 0 saturated carbocycles. The first-order valence-electron chi connectivity index (χ1n) is 10.8. The molecule has 1 N–H and O–H groups in total. The molecule has 0 bridgehead atoms. The molecule has 9 nitrogen and oxygen atoms in total. The molecule has 0 spiro atoms. The lowest BCUT2D eigenvalue weighted by molar-refractivity contribution is -0.118. The standard InChI is InChI=1S/C22H27N7O2S/c1-16-20(21(31)29(27(16)2)18-11-7-4-8-12-18)28-22(24-25-26-28)32-15-19(30)23-14-13-17-9-5-3-6-10-17/h4,7-9,11-12H,3,5-6,10,13-15H2,1-2H3,(H,23,30). The molecule has 4 rings (SSSR count). The zero-order chi connectivity index (χ0) is 22.5. The third-order valence-electron chi connectivity index (χ3n) is 5.66. The van der Waals surface area contributed by atoms with E-state index in [9.17, 15) is 9.59 Å². The number of amides is 1. The van der Waals surface area contributed by atoms with Gasteiger partial charge in [-0.3, -0.25) is 14.3 Å². The van der Waals surface area contributed by atoms with Crippen molar-refractivity contribution >= 4 is 17.7 Å². The van der Waals surface area contributed by atoms with Crippen molar-refractivity contribution in [2.24, 2.45) is 7.05 Å². The van der Waals surface area contributed by atoms with Crippen molar-refractivity contribution in [3.8, 4) is 11.4 Å². The number of nitrogens with one attached hydrogen (secondary N) is 1. The third kappa shape index (κ3) is 4.69. The third-order valence-corrected chi connectivity index (χ3v) is 6.58. The fourth-order valence-corrected chi connectivity index (χ4v) is 4.59. The number of hydrogen-bond acceptors (Lipinski definition) is 6. The normalized spacial score (nSPS) is 13.8. The van der Waals surface area contributed by atoms with E-state index in [2.05, 4.69) is 26.9 Å². The second kappa shape index (κ2) is 9.99. The molecule has 0 aliphatic heterocycles. The number of thioether (sulfide) groups is 1. The molecular formula is C22H27N7O2S. The first kappa shape index (κ1) is 22.1. The van der Waals surface area contributed by atoms with Crippen molar-refractivity contribution < 1.29 is 4.79 Å². The van der Waals surface area contributed by atoms with Crippen molar-refractivity contribution in [2.75, 3.05) is 12.3 Å². The van der Waals surface area contributed by atoms with Gasteiger partial charge in [0.1, 0.15) is 0 Å². The maximum absolute atomic E-state index is 13.2. The minimum absolute atomic E-state index is 0.0764. The van der Waals surface area contributed by atoms with Crippen LogP contribution in [-0.2, 0) is 11.8 Å². The molecule has 2 aromatic heterocycles. The Morgan fingerprint density at radius 1 is 1.22 bits per heavy atom. The molecule has 0 atom stereocenters. The van der Waals surface area contributed by atoms with Gasteiger partial charge in [-0.25, -0.2) is 4.68 Å². The molecule has 168 valence electrons. The van der Waals surface area contributed by atoms with E-state index in [-0.39, 0.29) is 17.2 Å². The van der Waals surface area contributed by atoms with E-state index >= 15 is 0 Å². The van der Waals surface area contributed by atoms with Gasteiger partial charge in [0.2, 0.25) is 11.1 Å². The van der Waals surface area contributed by atoms with E-state index in [0.29, 0.717) is 17.4 Å². The molecule has 3 aromatic rings. The maximum atomic E-state index is 13.2. The minimum Gasteiger partial charge on any atom is -0.355 e. The molecule has 0 unspecified atom stereocenters. The molecule has 0 radical (unpaired) electrons. The Labute approximate surface area is 190 Å². The Morgan fingerprint density at radius 3 is 2.78 bits per heavy atom. The Kier molecular flexibility index (Phi) is 6.89. The number of hydrogen-bond donors (Lipinski definition) is 1. The van der Waals surface area contributed by atoms with Gasteiger partial charge in [0.25, 0.3) is 5.56 Å². The van der Waals surface area contributed by atoms with Crippen LogP contribution in [0.15, 0.2) is 51.9 Å². The molecular weight excluding hydrogens is 426 g/mol. The highest BCUT2D eigenvalue weighted by atomic mass is 32.2. The average Bonchev–Trinajstić information content (AvgIpc) is 3.35. The van der Waals surface area contributed by atoms with E-state index in [4.69, 9.17) is 0 Å². The second-order valence-corrected chi connectivity index (χ2v) is 8.72. The van der Waals surface area contributed by atoms with Crippen LogP contribution in [0.2, 0.25) is 0 Å². The number of allylic oxidation sites excluding steroid dienone is 1. The molecule has 32 heavy (non-hydrogen) atoms. The summed E-state index contributed by atoms with van der Waals surface area (Å²) in [6, 6.07) is 9.40. The Balaban J connectivity index is 1.44. The van der Waals surface area contributed by atoms with Gasteiger partial charge in [-0.15, -0.1) is 5.10 Å². The van der Waals surface area contributed by atoms with E-state index in [1.54, 1.807) is 9.36 Å². The number of para-hydroxylation sites is 1. The average molecular weight is 454 g/mol. The van der Waals surface area contributed by atoms with Crippen LogP contribution in [0.4, 0.5) is 0 Å². The summed E-state index contributed by atoms with van der Waals surface area (Å²) in [5, 5.41) is 15.2. The van der Waals surface area contributed by atoms with Crippen molar-refractivity contribution in [1.29, 1.82) is 0 Å². The van der Waals surface area contributed by atoms with E-state index in [0.717, 1.165) is 30.6 Å². The zero-order valence-corrected chi connectivity index (χ0v) is 19.1. The lowest BCUT2D eigenvalue weighted by Crippen LogP contribution is -2.26. The van der Waals surface area contributed by atoms with Gasteiger partial charge in [-0.2, -0.15) is 4.68 Å². The van der Waals surface area contributed by atoms with Gasteiger partial charge in [0.05, 0.1) is 17.1 Å². The predicted octanol–water partition coefficient (Wildman–Crippen LogP) is 2.56. The molecule has 1 aliphatic rings. The van der Waals surface area contributed by atoms with Crippen LogP contribution in [-0.4, -0.2) is 47.8 Å². The molecule has 1 aliphatic carbocycles. The van der Waals surface area contributed by atoms with Gasteiger partial charge in [0, 0.05) is 13.6 Å². The van der Waals surface area contributed by atoms with Crippen LogP contribution < -0.4 is 10.9 Å². The number of tetrazole rings is 1. The van der Waals surface area contributed by atoms with Crippen LogP contribution in [0.25, 0.3) is 11.4 Å². The summed E-state index contributed by atoms with van der Waals surface area (Å²) >= 11 is 1.21. The summed E-state index contributed by atoms with van der Waals surface area (Å²) in [6.45, 7) is 2.48. The minimum atomic E-state index is -0.226. The van der Waals surface area contributed by atoms with E-state index < -0.39 is 0 Å². The highest BCUT2D eigenvalue weighted by Crippen LogP contribution is 2.21. The van der Waals surface area contributed by atoms with Gasteiger partial charge < -0.3 is 5.32 Å². The predicted molar refractivity (Wildman–Crippen MR) is 123 cm³/mol. The van der Waals surface area contributed by atoms with Crippen LogP contribution in [0.3, 0.4) is 0 Å². The Morgan fingerprint density at radius 2 is 2.03 bits per heavy atom. The smallest absolute Gasteiger partial charge is 0.297 e. The maximum Gasteiger partial charge on any atom is 0.297 e. The molecule has 2 heterocycles. The van der Waals surface area contributed by atoms with Crippen LogP contribution in [0.5, 0.6) is 0 Å². The van der Waals surface area contributed by atoms with Crippen molar-refractivity contribution in [3.05, 3.63) is 58.0 Å². The lowest BCUT2D eigenvalue weighted by atomic mass is 9.97. The van der Waals surface area contributed by atoms with E-state index in [1.807, 2.05) is 44.3 Å². The number of carbonyl (C=O) groups is 1. The highest BCUT2D eigenvalue weighted by Gasteiger charge is 2.22. The lowest BCUT2D eigenvalue weighted by Gasteiger charge is -2.12. The van der Waals surface area contributed by atoms with Crippen LogP contribution >= 0.6 is 11.8 Å². The number of aromatic nitrogens is 6. The van der Waals surface area contributed by atoms with Crippen molar-refractivity contribution in [3.63, 3.8) is 0 Å². The summed E-state index contributed by atoms with van der Waals surface area (Å²) in [5.74, 6) is 0.102. The molecule has 1 aromatic carbocycles. The molecule has 1 amide bonds. The number of carbonyl (C=O) groups excluding carboxylic acids is 1. The van der Waals surface area contributed by atoms with Gasteiger partial charge >= 0.3 is 0 Å². The molecule has 0 saturated heterocycles. The first-order chi connectivity index (χ1) is 15.6. The largest absolute Gasteiger partial charge is 0.355 e. The van der Waals surface area contributed by atoms with Gasteiger partial charge in [0.15, 0.2) is 5.69 Å². The fourth-order valence-electron chi connectivity index (χ4n) is 3.88. The summed E-state index contributed by atoms with van der Waals surface area (Å²) in [5.41, 5.74) is 3.05. The topological polar surface area (TPSA) is 99.6 Å². The SMILES string of the molecule is Cc1c(-n2nnnc2SCC(=O)NCCC2=CCCCC2)c(=O)n(-c2ccccc2)n1C. The summed E-state index contributed by atoms with van der Waals surface area (Å²) < 4.78 is 4.77. The van der Waals surface area contributed by atoms with E-state index in [1.165, 1.54) is 34.9 Å². The number of benzene rings is 1. The second-order valence-electron chi connectivity index (χ2n) is 7.78. The fraction of sp³-hybridized carbons (Fsp3) is 0.409. The number of nitrogens with zero attached hydrogens (tertiary/aromatic N) is 6. The van der Waals surface area contributed by atoms with Crippen molar-refractivity contribution in [2.45, 2.75) is 44.2 Å². The Hall–Kier alpha value is -3.14. The summed E-state index contributed by atoms with van der Waals surface area (Å²) in [6.07, 6.45) is 7.98.